The molecular formula is C25H19F3N2. The van der Waals surface area contributed by atoms with Gasteiger partial charge in [0.25, 0.3) is 0 Å². The number of hydrogen-bond acceptors (Lipinski definition) is 1. The fourth-order valence-corrected chi connectivity index (χ4v) is 5.43. The van der Waals surface area contributed by atoms with Gasteiger partial charge in [0, 0.05) is 11.3 Å². The van der Waals surface area contributed by atoms with Crippen LogP contribution in [-0.4, -0.2) is 15.7 Å². The third-order valence-corrected chi connectivity index (χ3v) is 6.96. The van der Waals surface area contributed by atoms with Crippen LogP contribution in [0.1, 0.15) is 24.8 Å². The average Bonchev–Trinajstić information content (AvgIpc) is 3.06. The number of halogens is 3. The third kappa shape index (κ3) is 2.29. The summed E-state index contributed by atoms with van der Waals surface area (Å²) in [6, 6.07) is 26.0. The van der Waals surface area contributed by atoms with Crippen molar-refractivity contribution in [2.75, 3.05) is 0 Å². The third-order valence-electron chi connectivity index (χ3n) is 6.96. The lowest BCUT2D eigenvalue weighted by molar-refractivity contribution is -0.337. The minimum atomic E-state index is -4.07. The van der Waals surface area contributed by atoms with Crippen molar-refractivity contribution in [3.63, 3.8) is 0 Å². The van der Waals surface area contributed by atoms with E-state index in [1.165, 1.54) is 0 Å². The van der Waals surface area contributed by atoms with Gasteiger partial charge in [-0.05, 0) is 54.5 Å². The molecule has 2 bridgehead atoms. The molecule has 0 radical (unpaired) electrons. The molecule has 0 N–H and O–H groups in total. The molecule has 0 amide bonds. The first-order chi connectivity index (χ1) is 14.4. The van der Waals surface area contributed by atoms with Gasteiger partial charge in [0.1, 0.15) is 5.82 Å². The van der Waals surface area contributed by atoms with Crippen LogP contribution in [0, 0.1) is 5.41 Å². The highest BCUT2D eigenvalue weighted by Crippen LogP contribution is 2.78. The first-order valence-corrected chi connectivity index (χ1v) is 10.1. The first kappa shape index (κ1) is 17.8. The van der Waals surface area contributed by atoms with Gasteiger partial charge in [0.15, 0.2) is 0 Å². The van der Waals surface area contributed by atoms with E-state index < -0.39 is 11.6 Å². The van der Waals surface area contributed by atoms with Gasteiger partial charge < -0.3 is 0 Å². The second-order valence-electron chi connectivity index (χ2n) is 8.76. The van der Waals surface area contributed by atoms with Crippen LogP contribution in [0.3, 0.4) is 0 Å². The van der Waals surface area contributed by atoms with Crippen molar-refractivity contribution in [1.82, 2.24) is 9.55 Å². The summed E-state index contributed by atoms with van der Waals surface area (Å²) < 4.78 is 41.7. The molecule has 5 heteroatoms. The van der Waals surface area contributed by atoms with E-state index in [0.29, 0.717) is 0 Å². The molecule has 3 fully saturated rings. The standard InChI is InChI=1S/C25H19F3N2/c26-25(27,28)24-14-23(15-24,16-24)18-10-12-19(13-11-18)30-21-9-5-4-8-20(21)29-22(30)17-6-2-1-3-7-17/h1-13H,14-16H2. The van der Waals surface area contributed by atoms with Gasteiger partial charge in [-0.3, -0.25) is 4.57 Å². The van der Waals surface area contributed by atoms with Crippen LogP contribution in [0.15, 0.2) is 78.9 Å². The summed E-state index contributed by atoms with van der Waals surface area (Å²) in [6.45, 7) is 0. The van der Waals surface area contributed by atoms with Crippen LogP contribution >= 0.6 is 0 Å². The summed E-state index contributed by atoms with van der Waals surface area (Å²) in [5, 5.41) is 0. The fourth-order valence-electron chi connectivity index (χ4n) is 5.43. The smallest absolute Gasteiger partial charge is 0.292 e. The van der Waals surface area contributed by atoms with Crippen LogP contribution in [-0.2, 0) is 5.41 Å². The number of imidazole rings is 1. The quantitative estimate of drug-likeness (QED) is 0.373. The minimum Gasteiger partial charge on any atom is -0.292 e. The lowest BCUT2D eigenvalue weighted by Gasteiger charge is -2.71. The molecule has 0 spiro atoms. The zero-order valence-corrected chi connectivity index (χ0v) is 16.2. The molecule has 3 aliphatic carbocycles. The van der Waals surface area contributed by atoms with Crippen LogP contribution in [0.2, 0.25) is 0 Å². The Morgan fingerprint density at radius 1 is 0.767 bits per heavy atom. The van der Waals surface area contributed by atoms with Crippen LogP contribution in [0.25, 0.3) is 28.1 Å². The van der Waals surface area contributed by atoms with Gasteiger partial charge in [-0.1, -0.05) is 54.6 Å². The van der Waals surface area contributed by atoms with E-state index in [4.69, 9.17) is 4.98 Å². The Hall–Kier alpha value is -3.08. The number of fused-ring (bicyclic) bond motifs is 1. The van der Waals surface area contributed by atoms with Crippen LogP contribution < -0.4 is 0 Å². The van der Waals surface area contributed by atoms with Crippen molar-refractivity contribution in [2.24, 2.45) is 5.41 Å². The summed E-state index contributed by atoms with van der Waals surface area (Å²) in [7, 11) is 0. The summed E-state index contributed by atoms with van der Waals surface area (Å²) in [5.74, 6) is 0.853. The highest BCUT2D eigenvalue weighted by atomic mass is 19.4. The molecule has 0 unspecified atom stereocenters. The molecule has 3 aliphatic rings. The Balaban J connectivity index is 1.40. The van der Waals surface area contributed by atoms with Gasteiger partial charge in [-0.15, -0.1) is 0 Å². The predicted molar refractivity (Wildman–Crippen MR) is 111 cm³/mol. The Morgan fingerprint density at radius 2 is 1.40 bits per heavy atom. The van der Waals surface area contributed by atoms with Crippen molar-refractivity contribution in [3.8, 4) is 17.1 Å². The molecule has 3 aromatic carbocycles. The maximum absolute atomic E-state index is 13.2. The Labute approximate surface area is 172 Å². The average molecular weight is 404 g/mol. The van der Waals surface area contributed by atoms with E-state index in [-0.39, 0.29) is 24.7 Å². The number of benzene rings is 3. The molecular weight excluding hydrogens is 385 g/mol. The van der Waals surface area contributed by atoms with E-state index >= 15 is 0 Å². The Bertz CT molecular complexity index is 1230. The zero-order valence-electron chi connectivity index (χ0n) is 16.2. The fraction of sp³-hybridized carbons (Fsp3) is 0.240. The molecule has 30 heavy (non-hydrogen) atoms. The van der Waals surface area contributed by atoms with E-state index in [1.54, 1.807) is 0 Å². The maximum Gasteiger partial charge on any atom is 0.394 e. The van der Waals surface area contributed by atoms with Gasteiger partial charge in [0.2, 0.25) is 0 Å². The largest absolute Gasteiger partial charge is 0.394 e. The maximum atomic E-state index is 13.2. The van der Waals surface area contributed by atoms with Crippen LogP contribution in [0.4, 0.5) is 13.2 Å². The number of alkyl halides is 3. The van der Waals surface area contributed by atoms with E-state index in [2.05, 4.69) is 4.57 Å². The van der Waals surface area contributed by atoms with Crippen molar-refractivity contribution >= 4 is 11.0 Å². The normalized spacial score (nSPS) is 25.0. The molecule has 3 saturated carbocycles. The van der Waals surface area contributed by atoms with Crippen molar-refractivity contribution in [3.05, 3.63) is 84.4 Å². The number of nitrogens with zero attached hydrogens (tertiary/aromatic N) is 2. The minimum absolute atomic E-state index is 0.228. The second kappa shape index (κ2) is 5.75. The monoisotopic (exact) mass is 404 g/mol. The zero-order chi connectivity index (χ0) is 20.6. The Kier molecular flexibility index (Phi) is 3.40. The second-order valence-corrected chi connectivity index (χ2v) is 8.76. The predicted octanol–water partition coefficient (Wildman–Crippen LogP) is 6.68. The molecule has 2 nitrogen and oxygen atoms in total. The van der Waals surface area contributed by atoms with Crippen molar-refractivity contribution in [2.45, 2.75) is 30.9 Å². The molecule has 0 aliphatic heterocycles. The van der Waals surface area contributed by atoms with Crippen molar-refractivity contribution < 1.29 is 13.2 Å². The van der Waals surface area contributed by atoms with E-state index in [0.717, 1.165) is 33.7 Å². The van der Waals surface area contributed by atoms with Gasteiger partial charge in [0.05, 0.1) is 16.4 Å². The van der Waals surface area contributed by atoms with Gasteiger partial charge >= 0.3 is 6.18 Å². The summed E-state index contributed by atoms with van der Waals surface area (Å²) in [5.41, 5.74) is 3.20. The molecule has 4 aromatic rings. The molecule has 0 saturated heterocycles. The summed E-state index contributed by atoms with van der Waals surface area (Å²) in [6.07, 6.45) is -3.39. The number of aromatic nitrogens is 2. The van der Waals surface area contributed by atoms with Gasteiger partial charge in [-0.25, -0.2) is 4.98 Å². The molecule has 7 rings (SSSR count). The molecule has 150 valence electrons. The lowest BCUT2D eigenvalue weighted by Crippen LogP contribution is -2.70. The highest BCUT2D eigenvalue weighted by molar-refractivity contribution is 5.83. The van der Waals surface area contributed by atoms with Crippen LogP contribution in [0.5, 0.6) is 0 Å². The van der Waals surface area contributed by atoms with Crippen molar-refractivity contribution in [1.29, 1.82) is 0 Å². The lowest BCUT2D eigenvalue weighted by atomic mass is 9.33. The summed E-state index contributed by atoms with van der Waals surface area (Å²) >= 11 is 0. The highest BCUT2D eigenvalue weighted by Gasteiger charge is 2.78. The van der Waals surface area contributed by atoms with Gasteiger partial charge in [-0.2, -0.15) is 13.2 Å². The number of para-hydroxylation sites is 2. The molecule has 0 atom stereocenters. The number of hydrogen-bond donors (Lipinski definition) is 0. The molecule has 1 heterocycles. The van der Waals surface area contributed by atoms with E-state index in [9.17, 15) is 13.2 Å². The SMILES string of the molecule is FC(F)(F)C12CC(c3ccc(-n4c(-c5ccccc5)nc5ccccc54)cc3)(C1)C2. The summed E-state index contributed by atoms with van der Waals surface area (Å²) in [4.78, 5) is 4.84. The first-order valence-electron chi connectivity index (χ1n) is 10.1. The number of rotatable bonds is 3. The van der Waals surface area contributed by atoms with E-state index in [1.807, 2.05) is 78.9 Å². The Morgan fingerprint density at radius 3 is 2.07 bits per heavy atom. The molecule has 1 aromatic heterocycles. The topological polar surface area (TPSA) is 17.8 Å².